The van der Waals surface area contributed by atoms with E-state index in [1.807, 2.05) is 0 Å². The molecule has 0 aliphatic heterocycles. The Labute approximate surface area is 117 Å². The summed E-state index contributed by atoms with van der Waals surface area (Å²) in [6.07, 6.45) is 5.92. The van der Waals surface area contributed by atoms with Crippen LogP contribution in [0.2, 0.25) is 0 Å². The summed E-state index contributed by atoms with van der Waals surface area (Å²) in [6, 6.07) is 8.91. The van der Waals surface area contributed by atoms with Crippen molar-refractivity contribution in [2.24, 2.45) is 5.92 Å². The molecule has 3 atom stereocenters. The van der Waals surface area contributed by atoms with Crippen LogP contribution >= 0.6 is 0 Å². The molecule has 0 radical (unpaired) electrons. The molecule has 0 aromatic heterocycles. The number of hydrogen-bond acceptors (Lipinski definition) is 2. The van der Waals surface area contributed by atoms with Crippen LogP contribution in [0.3, 0.4) is 0 Å². The second-order valence-corrected chi connectivity index (χ2v) is 5.89. The molecule has 1 aliphatic carbocycles. The summed E-state index contributed by atoms with van der Waals surface area (Å²) in [5.74, 6) is 0.739. The van der Waals surface area contributed by atoms with E-state index in [1.165, 1.54) is 31.2 Å². The molecule has 3 unspecified atom stereocenters. The lowest BCUT2D eigenvalue weighted by molar-refractivity contribution is 0.157. The van der Waals surface area contributed by atoms with Crippen molar-refractivity contribution in [1.82, 2.24) is 5.32 Å². The van der Waals surface area contributed by atoms with Crippen molar-refractivity contribution in [3.05, 3.63) is 35.4 Å². The zero-order valence-corrected chi connectivity index (χ0v) is 12.2. The normalized spacial score (nSPS) is 25.2. The van der Waals surface area contributed by atoms with Crippen LogP contribution in [0.25, 0.3) is 0 Å². The monoisotopic (exact) mass is 261 g/mol. The van der Waals surface area contributed by atoms with Gasteiger partial charge in [0, 0.05) is 12.6 Å². The van der Waals surface area contributed by atoms with Gasteiger partial charge in [-0.3, -0.25) is 0 Å². The van der Waals surface area contributed by atoms with Crippen LogP contribution in [-0.4, -0.2) is 17.7 Å². The molecule has 2 rings (SSSR count). The molecular weight excluding hydrogens is 234 g/mol. The average molecular weight is 261 g/mol. The third kappa shape index (κ3) is 4.05. The molecule has 2 heteroatoms. The minimum absolute atomic E-state index is 0.389. The number of benzene rings is 1. The third-order valence-electron chi connectivity index (χ3n) is 4.46. The molecule has 1 aliphatic rings. The average Bonchev–Trinajstić information content (AvgIpc) is 2.46. The Bertz CT molecular complexity index is 373. The topological polar surface area (TPSA) is 32.3 Å². The maximum absolute atomic E-state index is 10.2. The number of aryl methyl sites for hydroxylation is 1. The first kappa shape index (κ1) is 14.5. The molecule has 1 saturated carbocycles. The van der Waals surface area contributed by atoms with E-state index in [-0.39, 0.29) is 6.10 Å². The molecule has 0 amide bonds. The first-order valence-electron chi connectivity index (χ1n) is 7.71. The van der Waals surface area contributed by atoms with Gasteiger partial charge < -0.3 is 10.4 Å². The zero-order valence-electron chi connectivity index (χ0n) is 12.2. The highest BCUT2D eigenvalue weighted by molar-refractivity contribution is 5.24. The van der Waals surface area contributed by atoms with Gasteiger partial charge >= 0.3 is 0 Å². The van der Waals surface area contributed by atoms with E-state index in [1.54, 1.807) is 0 Å². The Morgan fingerprint density at radius 2 is 1.89 bits per heavy atom. The minimum atomic E-state index is -0.389. The summed E-state index contributed by atoms with van der Waals surface area (Å²) in [4.78, 5) is 0. The van der Waals surface area contributed by atoms with E-state index < -0.39 is 0 Å². The van der Waals surface area contributed by atoms with Crippen LogP contribution in [0, 0.1) is 5.92 Å². The highest BCUT2D eigenvalue weighted by Crippen LogP contribution is 2.24. The number of hydrogen-bond donors (Lipinski definition) is 2. The third-order valence-corrected chi connectivity index (χ3v) is 4.46. The number of rotatable bonds is 5. The molecule has 0 heterocycles. The van der Waals surface area contributed by atoms with Crippen molar-refractivity contribution in [2.45, 2.75) is 58.1 Å². The summed E-state index contributed by atoms with van der Waals surface area (Å²) < 4.78 is 0. The summed E-state index contributed by atoms with van der Waals surface area (Å²) in [7, 11) is 0. The van der Waals surface area contributed by atoms with Crippen molar-refractivity contribution in [3.8, 4) is 0 Å². The van der Waals surface area contributed by atoms with E-state index in [9.17, 15) is 5.11 Å². The van der Waals surface area contributed by atoms with Gasteiger partial charge in [0.25, 0.3) is 0 Å². The smallest absolute Gasteiger partial charge is 0.0914 e. The van der Waals surface area contributed by atoms with Gasteiger partial charge in [0.05, 0.1) is 6.10 Å². The molecule has 1 aromatic rings. The quantitative estimate of drug-likeness (QED) is 0.851. The Hall–Kier alpha value is -0.860. The standard InChI is InChI=1S/C17H27NO/c1-3-14-8-10-15(11-9-14)17(19)12-18-16-7-5-4-6-13(16)2/h8-11,13,16-19H,3-7,12H2,1-2H3. The van der Waals surface area contributed by atoms with Crippen molar-refractivity contribution >= 4 is 0 Å². The van der Waals surface area contributed by atoms with Crippen LogP contribution in [-0.2, 0) is 6.42 Å². The lowest BCUT2D eigenvalue weighted by atomic mass is 9.86. The Morgan fingerprint density at radius 1 is 1.21 bits per heavy atom. The molecule has 2 nitrogen and oxygen atoms in total. The molecule has 0 bridgehead atoms. The maximum Gasteiger partial charge on any atom is 0.0914 e. The van der Waals surface area contributed by atoms with Crippen LogP contribution in [0.4, 0.5) is 0 Å². The second-order valence-electron chi connectivity index (χ2n) is 5.89. The second kappa shape index (κ2) is 7.06. The molecule has 1 fully saturated rings. The fraction of sp³-hybridized carbons (Fsp3) is 0.647. The largest absolute Gasteiger partial charge is 0.387 e. The predicted molar refractivity (Wildman–Crippen MR) is 80.2 cm³/mol. The fourth-order valence-corrected chi connectivity index (χ4v) is 2.98. The van der Waals surface area contributed by atoms with Crippen LogP contribution in [0.15, 0.2) is 24.3 Å². The Kier molecular flexibility index (Phi) is 5.41. The number of aliphatic hydroxyl groups is 1. The number of aliphatic hydroxyl groups excluding tert-OH is 1. The van der Waals surface area contributed by atoms with E-state index >= 15 is 0 Å². The Morgan fingerprint density at radius 3 is 2.53 bits per heavy atom. The fourth-order valence-electron chi connectivity index (χ4n) is 2.98. The van der Waals surface area contributed by atoms with Gasteiger partial charge in [0.15, 0.2) is 0 Å². The molecular formula is C17H27NO. The predicted octanol–water partition coefficient (Wildman–Crippen LogP) is 3.45. The van der Waals surface area contributed by atoms with Gasteiger partial charge in [-0.05, 0) is 36.3 Å². The van der Waals surface area contributed by atoms with Crippen molar-refractivity contribution in [2.75, 3.05) is 6.54 Å². The Balaban J connectivity index is 1.84. The summed E-state index contributed by atoms with van der Waals surface area (Å²) >= 11 is 0. The molecule has 2 N–H and O–H groups in total. The van der Waals surface area contributed by atoms with Gasteiger partial charge in [-0.1, -0.05) is 51.0 Å². The van der Waals surface area contributed by atoms with Crippen LogP contribution < -0.4 is 5.32 Å². The van der Waals surface area contributed by atoms with Gasteiger partial charge in [-0.2, -0.15) is 0 Å². The van der Waals surface area contributed by atoms with Crippen LogP contribution in [0.1, 0.15) is 56.8 Å². The maximum atomic E-state index is 10.2. The molecule has 0 spiro atoms. The highest BCUT2D eigenvalue weighted by Gasteiger charge is 2.21. The van der Waals surface area contributed by atoms with E-state index in [4.69, 9.17) is 0 Å². The lowest BCUT2D eigenvalue weighted by Gasteiger charge is -2.30. The molecule has 1 aromatic carbocycles. The van der Waals surface area contributed by atoms with Gasteiger partial charge in [0.1, 0.15) is 0 Å². The SMILES string of the molecule is CCc1ccc(C(O)CNC2CCCCC2C)cc1. The highest BCUT2D eigenvalue weighted by atomic mass is 16.3. The lowest BCUT2D eigenvalue weighted by Crippen LogP contribution is -2.39. The minimum Gasteiger partial charge on any atom is -0.387 e. The van der Waals surface area contributed by atoms with E-state index in [0.717, 1.165) is 17.9 Å². The van der Waals surface area contributed by atoms with Crippen molar-refractivity contribution in [3.63, 3.8) is 0 Å². The van der Waals surface area contributed by atoms with Crippen LogP contribution in [0.5, 0.6) is 0 Å². The summed E-state index contributed by atoms with van der Waals surface area (Å²) in [5, 5.41) is 13.8. The molecule has 106 valence electrons. The van der Waals surface area contributed by atoms with Gasteiger partial charge in [-0.25, -0.2) is 0 Å². The molecule has 19 heavy (non-hydrogen) atoms. The number of nitrogens with one attached hydrogen (secondary N) is 1. The zero-order chi connectivity index (χ0) is 13.7. The van der Waals surface area contributed by atoms with E-state index in [2.05, 4.69) is 43.4 Å². The van der Waals surface area contributed by atoms with Gasteiger partial charge in [0.2, 0.25) is 0 Å². The molecule has 0 saturated heterocycles. The van der Waals surface area contributed by atoms with E-state index in [0.29, 0.717) is 12.6 Å². The summed E-state index contributed by atoms with van der Waals surface area (Å²) in [6.45, 7) is 5.14. The first-order valence-corrected chi connectivity index (χ1v) is 7.71. The first-order chi connectivity index (χ1) is 9.20. The van der Waals surface area contributed by atoms with Crippen molar-refractivity contribution in [1.29, 1.82) is 0 Å². The van der Waals surface area contributed by atoms with Crippen molar-refractivity contribution < 1.29 is 5.11 Å². The summed E-state index contributed by atoms with van der Waals surface area (Å²) in [5.41, 5.74) is 2.35. The van der Waals surface area contributed by atoms with Gasteiger partial charge in [-0.15, -0.1) is 0 Å².